The first-order valence-corrected chi connectivity index (χ1v) is 8.63. The Balaban J connectivity index is 1.78. The predicted octanol–water partition coefficient (Wildman–Crippen LogP) is 4.58. The van der Waals surface area contributed by atoms with Crippen molar-refractivity contribution < 1.29 is 19.2 Å². The van der Waals surface area contributed by atoms with E-state index in [0.29, 0.717) is 17.5 Å². The molecule has 134 valence electrons. The summed E-state index contributed by atoms with van der Waals surface area (Å²) in [6.45, 7) is 0.0995. The predicted molar refractivity (Wildman–Crippen MR) is 101 cm³/mol. The van der Waals surface area contributed by atoms with Gasteiger partial charge in [-0.15, -0.1) is 0 Å². The molecule has 6 nitrogen and oxygen atoms in total. The summed E-state index contributed by atoms with van der Waals surface area (Å²) in [6.07, 6.45) is 3.15. The van der Waals surface area contributed by atoms with Gasteiger partial charge in [-0.25, -0.2) is 4.79 Å². The number of nitro groups is 1. The highest BCUT2D eigenvalue weighted by Gasteiger charge is 2.10. The monoisotopic (exact) mass is 417 g/mol. The molecule has 26 heavy (non-hydrogen) atoms. The van der Waals surface area contributed by atoms with Gasteiger partial charge in [0.2, 0.25) is 0 Å². The highest BCUT2D eigenvalue weighted by molar-refractivity contribution is 9.10. The zero-order chi connectivity index (χ0) is 18.9. The number of halogens is 1. The molecule has 0 bridgehead atoms. The lowest BCUT2D eigenvalue weighted by atomic mass is 10.1. The molecule has 0 saturated carbocycles. The fourth-order valence-corrected chi connectivity index (χ4v) is 2.45. The highest BCUT2D eigenvalue weighted by atomic mass is 79.9. The van der Waals surface area contributed by atoms with E-state index >= 15 is 0 Å². The van der Waals surface area contributed by atoms with E-state index in [-0.39, 0.29) is 24.5 Å². The van der Waals surface area contributed by atoms with Crippen LogP contribution in [0.1, 0.15) is 28.8 Å². The minimum Gasteiger partial charge on any atom is -0.463 e. The molecule has 0 spiro atoms. The Hall–Kier alpha value is -2.80. The molecule has 0 aliphatic carbocycles. The molecule has 0 N–H and O–H groups in total. The van der Waals surface area contributed by atoms with Crippen LogP contribution in [0.25, 0.3) is 6.08 Å². The van der Waals surface area contributed by atoms with E-state index in [9.17, 15) is 19.7 Å². The SMILES string of the molecule is O=C(/C=C/c1ccccc1[N+](=O)[O-])OCCCC(=O)c1ccc(Br)cc1. The van der Waals surface area contributed by atoms with Gasteiger partial charge in [0, 0.05) is 28.6 Å². The van der Waals surface area contributed by atoms with Crippen LogP contribution in [0.3, 0.4) is 0 Å². The highest BCUT2D eigenvalue weighted by Crippen LogP contribution is 2.19. The summed E-state index contributed by atoms with van der Waals surface area (Å²) < 4.78 is 5.91. The quantitative estimate of drug-likeness (QED) is 0.156. The summed E-state index contributed by atoms with van der Waals surface area (Å²) in [5.41, 5.74) is 0.840. The van der Waals surface area contributed by atoms with E-state index in [1.165, 1.54) is 12.1 Å². The summed E-state index contributed by atoms with van der Waals surface area (Å²) in [7, 11) is 0. The maximum absolute atomic E-state index is 12.0. The van der Waals surface area contributed by atoms with Crippen LogP contribution in [-0.2, 0) is 9.53 Å². The van der Waals surface area contributed by atoms with Crippen molar-refractivity contribution in [3.63, 3.8) is 0 Å². The van der Waals surface area contributed by atoms with E-state index in [1.54, 1.807) is 42.5 Å². The minimum atomic E-state index is -0.612. The summed E-state index contributed by atoms with van der Waals surface area (Å²) in [5, 5.41) is 10.9. The zero-order valence-electron chi connectivity index (χ0n) is 13.8. The van der Waals surface area contributed by atoms with E-state index < -0.39 is 10.9 Å². The lowest BCUT2D eigenvalue weighted by molar-refractivity contribution is -0.385. The molecule has 2 aromatic rings. The van der Waals surface area contributed by atoms with E-state index in [4.69, 9.17) is 4.74 Å². The third kappa shape index (κ3) is 5.93. The van der Waals surface area contributed by atoms with Crippen LogP contribution >= 0.6 is 15.9 Å². The normalized spacial score (nSPS) is 10.7. The number of hydrogen-bond acceptors (Lipinski definition) is 5. The fourth-order valence-electron chi connectivity index (χ4n) is 2.19. The number of ketones is 1. The molecular formula is C19H16BrNO5. The van der Waals surface area contributed by atoms with E-state index in [1.807, 2.05) is 0 Å². The van der Waals surface area contributed by atoms with E-state index in [2.05, 4.69) is 15.9 Å². The Bertz CT molecular complexity index is 830. The van der Waals surface area contributed by atoms with Crippen LogP contribution in [0.2, 0.25) is 0 Å². The van der Waals surface area contributed by atoms with Crippen molar-refractivity contribution in [1.29, 1.82) is 0 Å². The second kappa shape index (κ2) is 9.62. The summed E-state index contributed by atoms with van der Waals surface area (Å²) >= 11 is 3.31. The molecule has 0 amide bonds. The van der Waals surface area contributed by atoms with Crippen molar-refractivity contribution in [2.75, 3.05) is 6.61 Å². The fraction of sp³-hybridized carbons (Fsp3) is 0.158. The van der Waals surface area contributed by atoms with Crippen molar-refractivity contribution in [3.8, 4) is 0 Å². The summed E-state index contributed by atoms with van der Waals surface area (Å²) in [4.78, 5) is 34.0. The van der Waals surface area contributed by atoms with Crippen LogP contribution < -0.4 is 0 Å². The largest absolute Gasteiger partial charge is 0.463 e. The van der Waals surface area contributed by atoms with Crippen LogP contribution in [-0.4, -0.2) is 23.3 Å². The van der Waals surface area contributed by atoms with Crippen LogP contribution in [0.5, 0.6) is 0 Å². The number of hydrogen-bond donors (Lipinski definition) is 0. The van der Waals surface area contributed by atoms with Gasteiger partial charge in [0.1, 0.15) is 0 Å². The summed E-state index contributed by atoms with van der Waals surface area (Å²) in [5.74, 6) is -0.636. The standard InChI is InChI=1S/C19H16BrNO5/c20-16-10-7-15(8-11-16)18(22)6-3-13-26-19(23)12-9-14-4-1-2-5-17(14)21(24)25/h1-2,4-5,7-12H,3,6,13H2/b12-9+. The molecule has 0 aromatic heterocycles. The smallest absolute Gasteiger partial charge is 0.330 e. The topological polar surface area (TPSA) is 86.5 Å². The maximum Gasteiger partial charge on any atom is 0.330 e. The number of nitrogens with zero attached hydrogens (tertiary/aromatic N) is 1. The number of Topliss-reactive ketones (excluding diaryl/α,β-unsaturated/α-hetero) is 1. The lowest BCUT2D eigenvalue weighted by Gasteiger charge is -2.03. The average Bonchev–Trinajstić information content (AvgIpc) is 2.64. The van der Waals surface area contributed by atoms with E-state index in [0.717, 1.165) is 10.5 Å². The number of carbonyl (C=O) groups is 2. The molecule has 0 radical (unpaired) electrons. The van der Waals surface area contributed by atoms with Crippen molar-refractivity contribution in [1.82, 2.24) is 0 Å². The van der Waals surface area contributed by atoms with Gasteiger partial charge in [-0.3, -0.25) is 14.9 Å². The first-order chi connectivity index (χ1) is 12.5. The third-order valence-corrected chi connectivity index (χ3v) is 4.02. The number of benzene rings is 2. The Labute approximate surface area is 158 Å². The van der Waals surface area contributed by atoms with Gasteiger partial charge >= 0.3 is 5.97 Å². The molecule has 0 saturated heterocycles. The first-order valence-electron chi connectivity index (χ1n) is 7.84. The number of nitro benzene ring substituents is 1. The minimum absolute atomic E-state index is 0.0241. The van der Waals surface area contributed by atoms with Gasteiger partial charge in [-0.1, -0.05) is 40.2 Å². The molecular weight excluding hydrogens is 402 g/mol. The number of para-hydroxylation sites is 1. The second-order valence-corrected chi connectivity index (χ2v) is 6.27. The average molecular weight is 418 g/mol. The van der Waals surface area contributed by atoms with Gasteiger partial charge in [0.25, 0.3) is 5.69 Å². The Morgan fingerprint density at radius 3 is 2.50 bits per heavy atom. The Morgan fingerprint density at radius 2 is 1.81 bits per heavy atom. The second-order valence-electron chi connectivity index (χ2n) is 5.35. The third-order valence-electron chi connectivity index (χ3n) is 3.49. The number of esters is 1. The molecule has 0 aliphatic rings. The van der Waals surface area contributed by atoms with Crippen molar-refractivity contribution in [3.05, 3.63) is 80.3 Å². The van der Waals surface area contributed by atoms with Crippen LogP contribution in [0.4, 0.5) is 5.69 Å². The van der Waals surface area contributed by atoms with Gasteiger partial charge < -0.3 is 4.74 Å². The number of carbonyl (C=O) groups excluding carboxylic acids is 2. The molecule has 0 heterocycles. The lowest BCUT2D eigenvalue weighted by Crippen LogP contribution is -2.05. The molecule has 2 rings (SSSR count). The molecule has 0 aliphatic heterocycles. The summed E-state index contributed by atoms with van der Waals surface area (Å²) in [6, 6.07) is 13.1. The van der Waals surface area contributed by atoms with Crippen molar-refractivity contribution >= 4 is 39.4 Å². The molecule has 0 fully saturated rings. The van der Waals surface area contributed by atoms with Gasteiger partial charge in [0.05, 0.1) is 17.1 Å². The van der Waals surface area contributed by atoms with Gasteiger partial charge in [-0.05, 0) is 30.7 Å². The number of ether oxygens (including phenoxy) is 1. The maximum atomic E-state index is 12.0. The van der Waals surface area contributed by atoms with Crippen molar-refractivity contribution in [2.24, 2.45) is 0 Å². The molecule has 0 unspecified atom stereocenters. The van der Waals surface area contributed by atoms with Crippen LogP contribution in [0, 0.1) is 10.1 Å². The molecule has 0 atom stereocenters. The van der Waals surface area contributed by atoms with Crippen molar-refractivity contribution in [2.45, 2.75) is 12.8 Å². The number of rotatable bonds is 8. The Kier molecular flexibility index (Phi) is 7.23. The van der Waals surface area contributed by atoms with Gasteiger partial charge in [0.15, 0.2) is 5.78 Å². The Morgan fingerprint density at radius 1 is 1.12 bits per heavy atom. The first kappa shape index (κ1) is 19.5. The molecule has 2 aromatic carbocycles. The van der Waals surface area contributed by atoms with Gasteiger partial charge in [-0.2, -0.15) is 0 Å². The van der Waals surface area contributed by atoms with Crippen LogP contribution in [0.15, 0.2) is 59.1 Å². The zero-order valence-corrected chi connectivity index (χ0v) is 15.3. The molecule has 7 heteroatoms.